The molecule has 20 heavy (non-hydrogen) atoms. The second kappa shape index (κ2) is 5.57. The van der Waals surface area contributed by atoms with E-state index >= 15 is 0 Å². The summed E-state index contributed by atoms with van der Waals surface area (Å²) in [7, 11) is 2.62. The monoisotopic (exact) mass is 304 g/mol. The van der Waals surface area contributed by atoms with E-state index in [4.69, 9.17) is 16.4 Å². The van der Waals surface area contributed by atoms with Gasteiger partial charge in [0.1, 0.15) is 0 Å². The predicted octanol–water partition coefficient (Wildman–Crippen LogP) is -0.906. The topological polar surface area (TPSA) is 94.1 Å². The number of fused-ring (bicyclic) bond motifs is 1. The lowest BCUT2D eigenvalue weighted by atomic mass is 9.98. The molecule has 2 aliphatic heterocycles. The van der Waals surface area contributed by atoms with Crippen molar-refractivity contribution in [1.29, 1.82) is 0 Å². The molecule has 8 nitrogen and oxygen atoms in total. The summed E-state index contributed by atoms with van der Waals surface area (Å²) in [4.78, 5) is 28.9. The van der Waals surface area contributed by atoms with Crippen LogP contribution in [0.15, 0.2) is 10.7 Å². The molecule has 1 atom stereocenters. The normalized spacial score (nSPS) is 26.2. The highest BCUT2D eigenvalue weighted by Crippen LogP contribution is 2.35. The van der Waals surface area contributed by atoms with E-state index in [1.807, 2.05) is 0 Å². The Morgan fingerprint density at radius 3 is 2.85 bits per heavy atom. The van der Waals surface area contributed by atoms with Crippen LogP contribution in [0.3, 0.4) is 0 Å². The zero-order valence-electron chi connectivity index (χ0n) is 11.3. The molecule has 0 saturated carbocycles. The van der Waals surface area contributed by atoms with E-state index in [9.17, 15) is 14.7 Å². The Morgan fingerprint density at radius 2 is 2.25 bits per heavy atom. The number of carboxylic acid groups (broad SMARTS) is 1. The first-order valence-electron chi connectivity index (χ1n) is 6.16. The molecule has 1 unspecified atom stereocenters. The number of hydroxylamine groups is 2. The largest absolute Gasteiger partial charge is 0.479 e. The van der Waals surface area contributed by atoms with Gasteiger partial charge in [0.2, 0.25) is 0 Å². The number of amides is 1. The highest BCUT2D eigenvalue weighted by molar-refractivity contribution is 6.37. The van der Waals surface area contributed by atoms with Crippen LogP contribution in [0.1, 0.15) is 6.42 Å². The quantitative estimate of drug-likeness (QED) is 0.459. The first kappa shape index (κ1) is 15.0. The second-order valence-electron chi connectivity index (χ2n) is 4.59. The molecule has 0 bridgehead atoms. The zero-order valence-corrected chi connectivity index (χ0v) is 12.0. The van der Waals surface area contributed by atoms with Crippen LogP contribution >= 0.6 is 11.6 Å². The van der Waals surface area contributed by atoms with Crippen LogP contribution in [-0.2, 0) is 14.4 Å². The Hall–Kier alpha value is -1.35. The van der Waals surface area contributed by atoms with Crippen LogP contribution in [0.5, 0.6) is 0 Å². The fourth-order valence-electron chi connectivity index (χ4n) is 2.28. The molecular formula is C11H17ClN4O4. The minimum atomic E-state index is -2.03. The number of carbonyl (C=O) groups excluding carboxylic acids is 1. The van der Waals surface area contributed by atoms with Gasteiger partial charge < -0.3 is 15.4 Å². The summed E-state index contributed by atoms with van der Waals surface area (Å²) in [6.45, 7) is 1.78. The number of carboxylic acids is 1. The van der Waals surface area contributed by atoms with Gasteiger partial charge in [0, 0.05) is 20.1 Å². The maximum absolute atomic E-state index is 12.4. The molecule has 2 heterocycles. The Labute approximate surface area is 121 Å². The highest BCUT2D eigenvalue weighted by Gasteiger charge is 2.58. The van der Waals surface area contributed by atoms with Crippen molar-refractivity contribution < 1.29 is 19.5 Å². The van der Waals surface area contributed by atoms with Crippen LogP contribution < -0.4 is 10.7 Å². The second-order valence-corrected chi connectivity index (χ2v) is 4.97. The van der Waals surface area contributed by atoms with Crippen molar-refractivity contribution in [2.45, 2.75) is 12.0 Å². The van der Waals surface area contributed by atoms with Crippen molar-refractivity contribution in [2.24, 2.45) is 0 Å². The number of rotatable bonds is 3. The first-order chi connectivity index (χ1) is 9.45. The average Bonchev–Trinajstić information content (AvgIpc) is 2.59. The molecule has 2 rings (SSSR count). The third-order valence-electron chi connectivity index (χ3n) is 3.44. The fourth-order valence-corrected chi connectivity index (χ4v) is 2.65. The van der Waals surface area contributed by atoms with Gasteiger partial charge in [-0.2, -0.15) is 0 Å². The van der Waals surface area contributed by atoms with Crippen molar-refractivity contribution in [1.82, 2.24) is 20.8 Å². The molecule has 3 N–H and O–H groups in total. The van der Waals surface area contributed by atoms with Gasteiger partial charge in [-0.1, -0.05) is 11.6 Å². The lowest BCUT2D eigenvalue weighted by Gasteiger charge is -2.29. The standard InChI is InChI=1S/C11H17ClN4O4/c1-15(20-2)9(17)11(10(18)19)8(12)7-6-13-4-3-5-16(7)14-11/h13-14H,3-6H2,1-2H3,(H,18,19). The molecule has 1 fully saturated rings. The smallest absolute Gasteiger partial charge is 0.341 e. The molecule has 0 radical (unpaired) electrons. The lowest BCUT2D eigenvalue weighted by Crippen LogP contribution is -2.62. The minimum Gasteiger partial charge on any atom is -0.479 e. The third-order valence-corrected chi connectivity index (χ3v) is 3.94. The van der Waals surface area contributed by atoms with Gasteiger partial charge in [-0.05, 0) is 13.0 Å². The number of nitrogens with zero attached hydrogens (tertiary/aromatic N) is 2. The van der Waals surface area contributed by atoms with Crippen molar-refractivity contribution >= 4 is 23.5 Å². The number of hydrogen-bond donors (Lipinski definition) is 3. The van der Waals surface area contributed by atoms with Gasteiger partial charge in [0.15, 0.2) is 0 Å². The molecule has 0 aliphatic carbocycles. The van der Waals surface area contributed by atoms with Gasteiger partial charge in [0.25, 0.3) is 11.4 Å². The number of aliphatic carboxylic acids is 1. The van der Waals surface area contributed by atoms with E-state index in [1.165, 1.54) is 14.2 Å². The lowest BCUT2D eigenvalue weighted by molar-refractivity contribution is -0.180. The van der Waals surface area contributed by atoms with E-state index in [-0.39, 0.29) is 5.03 Å². The molecule has 0 aromatic carbocycles. The summed E-state index contributed by atoms with van der Waals surface area (Å²) < 4.78 is 0. The molecule has 112 valence electrons. The summed E-state index contributed by atoms with van der Waals surface area (Å²) >= 11 is 6.22. The van der Waals surface area contributed by atoms with E-state index < -0.39 is 17.4 Å². The van der Waals surface area contributed by atoms with Gasteiger partial charge in [-0.25, -0.2) is 15.3 Å². The maximum atomic E-state index is 12.4. The van der Waals surface area contributed by atoms with Crippen molar-refractivity contribution in [2.75, 3.05) is 33.8 Å². The van der Waals surface area contributed by atoms with Crippen LogP contribution in [0, 0.1) is 0 Å². The Kier molecular flexibility index (Phi) is 4.19. The van der Waals surface area contributed by atoms with Crippen LogP contribution in [0.25, 0.3) is 0 Å². The Morgan fingerprint density at radius 1 is 1.55 bits per heavy atom. The van der Waals surface area contributed by atoms with Gasteiger partial charge >= 0.3 is 5.97 Å². The Balaban J connectivity index is 2.45. The molecule has 9 heteroatoms. The van der Waals surface area contributed by atoms with E-state index in [0.717, 1.165) is 18.0 Å². The summed E-state index contributed by atoms with van der Waals surface area (Å²) in [5.74, 6) is -2.14. The number of hydrazine groups is 1. The third kappa shape index (κ3) is 2.14. The summed E-state index contributed by atoms with van der Waals surface area (Å²) in [5, 5.41) is 15.1. The van der Waals surface area contributed by atoms with E-state index in [2.05, 4.69) is 10.7 Å². The number of hydrogen-bond acceptors (Lipinski definition) is 6. The number of carbonyl (C=O) groups is 2. The van der Waals surface area contributed by atoms with E-state index in [1.54, 1.807) is 5.01 Å². The number of halogens is 1. The highest BCUT2D eigenvalue weighted by atomic mass is 35.5. The van der Waals surface area contributed by atoms with E-state index in [0.29, 0.717) is 18.8 Å². The van der Waals surface area contributed by atoms with Gasteiger partial charge in [-0.15, -0.1) is 0 Å². The van der Waals surface area contributed by atoms with Crippen LogP contribution in [-0.4, -0.2) is 66.4 Å². The predicted molar refractivity (Wildman–Crippen MR) is 70.4 cm³/mol. The van der Waals surface area contributed by atoms with Gasteiger partial charge in [0.05, 0.1) is 17.8 Å². The van der Waals surface area contributed by atoms with Crippen molar-refractivity contribution in [3.8, 4) is 0 Å². The summed E-state index contributed by atoms with van der Waals surface area (Å²) in [6.07, 6.45) is 0.810. The SMILES string of the molecule is CON(C)C(=O)C1(C(=O)O)NN2CCCNCC2=C1Cl. The zero-order chi connectivity index (χ0) is 14.9. The average molecular weight is 305 g/mol. The van der Waals surface area contributed by atoms with Gasteiger partial charge in [-0.3, -0.25) is 9.63 Å². The molecule has 1 saturated heterocycles. The van der Waals surface area contributed by atoms with Crippen LogP contribution in [0.4, 0.5) is 0 Å². The molecule has 0 aromatic heterocycles. The number of likely N-dealkylation sites (N-methyl/N-ethyl adjacent to an activating group) is 1. The summed E-state index contributed by atoms with van der Waals surface area (Å²) in [6, 6.07) is 0. The molecular weight excluding hydrogens is 288 g/mol. The fraction of sp³-hybridized carbons (Fsp3) is 0.636. The molecule has 2 aliphatic rings. The first-order valence-corrected chi connectivity index (χ1v) is 6.53. The maximum Gasteiger partial charge on any atom is 0.341 e. The molecule has 0 spiro atoms. The number of nitrogens with one attached hydrogen (secondary N) is 2. The minimum absolute atomic E-state index is 0.0340. The Bertz CT molecular complexity index is 469. The molecule has 1 amide bonds. The van der Waals surface area contributed by atoms with Crippen molar-refractivity contribution in [3.05, 3.63) is 10.7 Å². The van der Waals surface area contributed by atoms with Crippen molar-refractivity contribution in [3.63, 3.8) is 0 Å². The molecule has 0 aromatic rings. The summed E-state index contributed by atoms with van der Waals surface area (Å²) in [5.41, 5.74) is 1.27. The van der Waals surface area contributed by atoms with Crippen LogP contribution in [0.2, 0.25) is 0 Å².